The van der Waals surface area contributed by atoms with Crippen LogP contribution in [0.25, 0.3) is 0 Å². The van der Waals surface area contributed by atoms with Crippen LogP contribution in [0.1, 0.15) is 16.7 Å². The first-order chi connectivity index (χ1) is 8.61. The van der Waals surface area contributed by atoms with Gasteiger partial charge in [0.1, 0.15) is 0 Å². The van der Waals surface area contributed by atoms with Crippen molar-refractivity contribution >= 4 is 0 Å². The van der Waals surface area contributed by atoms with E-state index in [1.807, 2.05) is 0 Å². The van der Waals surface area contributed by atoms with Crippen molar-refractivity contribution in [2.45, 2.75) is 26.4 Å². The van der Waals surface area contributed by atoms with Crippen molar-refractivity contribution in [2.24, 2.45) is 5.73 Å². The minimum atomic E-state index is 0.490. The quantitative estimate of drug-likeness (QED) is 0.876. The van der Waals surface area contributed by atoms with Gasteiger partial charge in [0.05, 0.1) is 0 Å². The molecule has 1 aliphatic heterocycles. The number of rotatable bonds is 3. The SMILES string of the molecule is Cc1cccc(CN2CCN(C)CC2CN)c1C. The van der Waals surface area contributed by atoms with Crippen molar-refractivity contribution in [1.29, 1.82) is 0 Å². The highest BCUT2D eigenvalue weighted by Gasteiger charge is 2.24. The van der Waals surface area contributed by atoms with E-state index < -0.39 is 0 Å². The second-order valence-corrected chi connectivity index (χ2v) is 5.48. The maximum atomic E-state index is 5.91. The summed E-state index contributed by atoms with van der Waals surface area (Å²) in [5.74, 6) is 0. The highest BCUT2D eigenvalue weighted by Crippen LogP contribution is 2.18. The monoisotopic (exact) mass is 247 g/mol. The molecular weight excluding hydrogens is 222 g/mol. The summed E-state index contributed by atoms with van der Waals surface area (Å²) in [5, 5.41) is 0. The average Bonchev–Trinajstić information content (AvgIpc) is 2.37. The number of nitrogens with two attached hydrogens (primary N) is 1. The fourth-order valence-electron chi connectivity index (χ4n) is 2.68. The maximum absolute atomic E-state index is 5.91. The lowest BCUT2D eigenvalue weighted by Gasteiger charge is -2.39. The van der Waals surface area contributed by atoms with Crippen LogP contribution in [0.3, 0.4) is 0 Å². The summed E-state index contributed by atoms with van der Waals surface area (Å²) in [5.41, 5.74) is 10.2. The van der Waals surface area contributed by atoms with E-state index in [1.165, 1.54) is 16.7 Å². The predicted octanol–water partition coefficient (Wildman–Crippen LogP) is 1.38. The van der Waals surface area contributed by atoms with Crippen molar-refractivity contribution in [1.82, 2.24) is 9.80 Å². The molecule has 3 heteroatoms. The summed E-state index contributed by atoms with van der Waals surface area (Å²) in [6, 6.07) is 7.08. The second kappa shape index (κ2) is 5.83. The number of likely N-dealkylation sites (N-methyl/N-ethyl adjacent to an activating group) is 1. The third-order valence-corrected chi connectivity index (χ3v) is 4.17. The van der Waals surface area contributed by atoms with Crippen LogP contribution in [0.4, 0.5) is 0 Å². The van der Waals surface area contributed by atoms with Gasteiger partial charge in [-0.25, -0.2) is 0 Å². The molecule has 0 saturated carbocycles. The highest BCUT2D eigenvalue weighted by molar-refractivity contribution is 5.33. The van der Waals surface area contributed by atoms with Gasteiger partial charge in [0.15, 0.2) is 0 Å². The number of nitrogens with zero attached hydrogens (tertiary/aromatic N) is 2. The predicted molar refractivity (Wildman–Crippen MR) is 76.7 cm³/mol. The Kier molecular flexibility index (Phi) is 4.38. The molecule has 0 spiro atoms. The molecule has 1 aliphatic rings. The lowest BCUT2D eigenvalue weighted by molar-refractivity contribution is 0.0879. The molecule has 0 bridgehead atoms. The molecule has 0 amide bonds. The van der Waals surface area contributed by atoms with E-state index >= 15 is 0 Å². The van der Waals surface area contributed by atoms with Crippen molar-refractivity contribution in [2.75, 3.05) is 33.2 Å². The molecule has 2 N–H and O–H groups in total. The van der Waals surface area contributed by atoms with Gasteiger partial charge >= 0.3 is 0 Å². The molecule has 3 nitrogen and oxygen atoms in total. The molecule has 1 atom stereocenters. The number of aryl methyl sites for hydroxylation is 1. The van der Waals surface area contributed by atoms with Crippen LogP contribution in [-0.4, -0.2) is 49.1 Å². The van der Waals surface area contributed by atoms with E-state index in [9.17, 15) is 0 Å². The highest BCUT2D eigenvalue weighted by atomic mass is 15.3. The summed E-state index contributed by atoms with van der Waals surface area (Å²) in [6.45, 7) is 9.52. The van der Waals surface area contributed by atoms with Gasteiger partial charge in [-0.05, 0) is 37.6 Å². The summed E-state index contributed by atoms with van der Waals surface area (Å²) in [6.07, 6.45) is 0. The van der Waals surface area contributed by atoms with Crippen molar-refractivity contribution in [3.05, 3.63) is 34.9 Å². The van der Waals surface area contributed by atoms with E-state index in [4.69, 9.17) is 5.73 Å². The lowest BCUT2D eigenvalue weighted by Crippen LogP contribution is -2.54. The summed E-state index contributed by atoms with van der Waals surface area (Å²) in [7, 11) is 2.18. The summed E-state index contributed by atoms with van der Waals surface area (Å²) < 4.78 is 0. The Morgan fingerprint density at radius 2 is 2.06 bits per heavy atom. The number of hydrogen-bond acceptors (Lipinski definition) is 3. The minimum absolute atomic E-state index is 0.490. The number of hydrogen-bond donors (Lipinski definition) is 1. The van der Waals surface area contributed by atoms with Gasteiger partial charge in [-0.1, -0.05) is 18.2 Å². The Bertz CT molecular complexity index is 403. The van der Waals surface area contributed by atoms with Gasteiger partial charge in [0, 0.05) is 38.8 Å². The summed E-state index contributed by atoms with van der Waals surface area (Å²) in [4.78, 5) is 4.90. The third kappa shape index (κ3) is 2.91. The van der Waals surface area contributed by atoms with Gasteiger partial charge in [-0.3, -0.25) is 4.90 Å². The van der Waals surface area contributed by atoms with E-state index in [-0.39, 0.29) is 0 Å². The molecule has 1 heterocycles. The molecule has 0 aliphatic carbocycles. The molecule has 0 radical (unpaired) electrons. The first kappa shape index (κ1) is 13.5. The zero-order valence-electron chi connectivity index (χ0n) is 11.8. The Morgan fingerprint density at radius 1 is 1.28 bits per heavy atom. The second-order valence-electron chi connectivity index (χ2n) is 5.48. The van der Waals surface area contributed by atoms with Crippen LogP contribution in [0.5, 0.6) is 0 Å². The van der Waals surface area contributed by atoms with Crippen LogP contribution in [0.15, 0.2) is 18.2 Å². The maximum Gasteiger partial charge on any atom is 0.0349 e. The fraction of sp³-hybridized carbons (Fsp3) is 0.600. The first-order valence-electron chi connectivity index (χ1n) is 6.79. The standard InChI is InChI=1S/C15H25N3/c1-12-5-4-6-14(13(12)2)10-18-8-7-17(3)11-15(18)9-16/h4-6,15H,7-11,16H2,1-3H3. The minimum Gasteiger partial charge on any atom is -0.329 e. The van der Waals surface area contributed by atoms with Gasteiger partial charge < -0.3 is 10.6 Å². The van der Waals surface area contributed by atoms with E-state index in [0.717, 1.165) is 32.7 Å². The molecule has 1 aromatic rings. The molecule has 2 rings (SSSR count). The Morgan fingerprint density at radius 3 is 2.78 bits per heavy atom. The number of benzene rings is 1. The molecule has 1 saturated heterocycles. The largest absolute Gasteiger partial charge is 0.329 e. The number of piperazine rings is 1. The normalized spacial score (nSPS) is 22.3. The van der Waals surface area contributed by atoms with Crippen LogP contribution in [0, 0.1) is 13.8 Å². The Hall–Kier alpha value is -0.900. The van der Waals surface area contributed by atoms with E-state index in [0.29, 0.717) is 6.04 Å². The van der Waals surface area contributed by atoms with Gasteiger partial charge in [-0.15, -0.1) is 0 Å². The van der Waals surface area contributed by atoms with E-state index in [2.05, 4.69) is 48.9 Å². The van der Waals surface area contributed by atoms with Crippen molar-refractivity contribution in [3.8, 4) is 0 Å². The van der Waals surface area contributed by atoms with E-state index in [1.54, 1.807) is 0 Å². The zero-order chi connectivity index (χ0) is 13.1. The van der Waals surface area contributed by atoms with Crippen LogP contribution >= 0.6 is 0 Å². The van der Waals surface area contributed by atoms with Crippen molar-refractivity contribution in [3.63, 3.8) is 0 Å². The molecule has 18 heavy (non-hydrogen) atoms. The van der Waals surface area contributed by atoms with Gasteiger partial charge in [-0.2, -0.15) is 0 Å². The smallest absolute Gasteiger partial charge is 0.0349 e. The molecule has 0 aromatic heterocycles. The lowest BCUT2D eigenvalue weighted by atomic mass is 10.0. The molecule has 1 fully saturated rings. The Labute approximate surface area is 111 Å². The van der Waals surface area contributed by atoms with Crippen molar-refractivity contribution < 1.29 is 0 Å². The topological polar surface area (TPSA) is 32.5 Å². The van der Waals surface area contributed by atoms with Crippen LogP contribution in [-0.2, 0) is 6.54 Å². The zero-order valence-corrected chi connectivity index (χ0v) is 11.8. The van der Waals surface area contributed by atoms with Crippen LogP contribution in [0.2, 0.25) is 0 Å². The summed E-state index contributed by atoms with van der Waals surface area (Å²) >= 11 is 0. The fourth-order valence-corrected chi connectivity index (χ4v) is 2.68. The Balaban J connectivity index is 2.10. The van der Waals surface area contributed by atoms with Gasteiger partial charge in [0.2, 0.25) is 0 Å². The van der Waals surface area contributed by atoms with Crippen LogP contribution < -0.4 is 5.73 Å². The first-order valence-corrected chi connectivity index (χ1v) is 6.79. The van der Waals surface area contributed by atoms with Gasteiger partial charge in [0.25, 0.3) is 0 Å². The molecule has 100 valence electrons. The third-order valence-electron chi connectivity index (χ3n) is 4.17. The molecule has 1 unspecified atom stereocenters. The molecular formula is C15H25N3. The molecule has 1 aromatic carbocycles. The average molecular weight is 247 g/mol.